The van der Waals surface area contributed by atoms with Gasteiger partial charge < -0.3 is 10.2 Å². The van der Waals surface area contributed by atoms with Crippen molar-refractivity contribution in [1.82, 2.24) is 15.1 Å². The maximum atomic E-state index is 13.7. The number of nitrogens with zero attached hydrogens (tertiary/aromatic N) is 2. The van der Waals surface area contributed by atoms with Gasteiger partial charge >= 0.3 is 6.18 Å². The van der Waals surface area contributed by atoms with Crippen LogP contribution in [0.15, 0.2) is 54.6 Å². The van der Waals surface area contributed by atoms with Crippen molar-refractivity contribution in [1.29, 1.82) is 0 Å². The second-order valence-electron chi connectivity index (χ2n) is 7.90. The summed E-state index contributed by atoms with van der Waals surface area (Å²) in [6.07, 6.45) is -4.44. The summed E-state index contributed by atoms with van der Waals surface area (Å²) in [5.41, 5.74) is 2.14. The van der Waals surface area contributed by atoms with Gasteiger partial charge in [0.1, 0.15) is 0 Å². The van der Waals surface area contributed by atoms with Crippen LogP contribution in [-0.4, -0.2) is 55.0 Å². The van der Waals surface area contributed by atoms with Crippen LogP contribution < -0.4 is 5.32 Å². The lowest BCUT2D eigenvalue weighted by Crippen LogP contribution is -2.40. The Bertz CT molecular complexity index is 901. The summed E-state index contributed by atoms with van der Waals surface area (Å²) in [5.74, 6) is -3.58. The minimum Gasteiger partial charge on any atom is -0.355 e. The van der Waals surface area contributed by atoms with Gasteiger partial charge in [-0.3, -0.25) is 14.5 Å². The highest BCUT2D eigenvalue weighted by atomic mass is 19.4. The van der Waals surface area contributed by atoms with Crippen LogP contribution in [0.3, 0.4) is 0 Å². The van der Waals surface area contributed by atoms with Crippen molar-refractivity contribution in [2.45, 2.75) is 19.3 Å². The quantitative estimate of drug-likeness (QED) is 0.761. The monoisotopic (exact) mass is 433 g/mol. The van der Waals surface area contributed by atoms with Gasteiger partial charge in [-0.15, -0.1) is 0 Å². The molecule has 0 aromatic heterocycles. The third kappa shape index (κ3) is 5.64. The lowest BCUT2D eigenvalue weighted by molar-refractivity contribution is -0.185. The maximum absolute atomic E-state index is 13.7. The summed E-state index contributed by atoms with van der Waals surface area (Å²) in [5, 5.41) is 2.52. The molecular formula is C23H26F3N3O2. The Hall–Kier alpha value is -2.87. The van der Waals surface area contributed by atoms with E-state index in [9.17, 15) is 22.8 Å². The Morgan fingerprint density at radius 3 is 2.26 bits per heavy atom. The van der Waals surface area contributed by atoms with E-state index in [1.165, 1.54) is 19.0 Å². The molecule has 5 nitrogen and oxygen atoms in total. The lowest BCUT2D eigenvalue weighted by atomic mass is 9.94. The number of hydrogen-bond acceptors (Lipinski definition) is 3. The molecule has 2 atom stereocenters. The molecular weight excluding hydrogens is 407 g/mol. The predicted octanol–water partition coefficient (Wildman–Crippen LogP) is 3.32. The van der Waals surface area contributed by atoms with Gasteiger partial charge in [0.2, 0.25) is 5.91 Å². The van der Waals surface area contributed by atoms with Crippen molar-refractivity contribution in [3.63, 3.8) is 0 Å². The standard InChI is InChI=1S/C23H26F3N3O2/c1-27-21(30)18-10-8-17(9-11-18)12-28(2)22(31)19-14-29(15-20(19)23(24,25)26)13-16-6-4-3-5-7-16/h3-11,19-20H,12-15H2,1-2H3,(H,27,30). The highest BCUT2D eigenvalue weighted by molar-refractivity contribution is 5.93. The number of amides is 2. The molecule has 2 unspecified atom stereocenters. The van der Waals surface area contributed by atoms with Crippen molar-refractivity contribution in [3.8, 4) is 0 Å². The van der Waals surface area contributed by atoms with E-state index in [2.05, 4.69) is 5.32 Å². The summed E-state index contributed by atoms with van der Waals surface area (Å²) >= 11 is 0. The van der Waals surface area contributed by atoms with Crippen molar-refractivity contribution < 1.29 is 22.8 Å². The van der Waals surface area contributed by atoms with Crippen LogP contribution >= 0.6 is 0 Å². The fourth-order valence-electron chi connectivity index (χ4n) is 3.98. The van der Waals surface area contributed by atoms with E-state index in [0.717, 1.165) is 11.1 Å². The van der Waals surface area contributed by atoms with Gasteiger partial charge in [-0.05, 0) is 23.3 Å². The van der Waals surface area contributed by atoms with Crippen LogP contribution in [0.25, 0.3) is 0 Å². The number of halogens is 3. The first kappa shape index (κ1) is 22.8. The van der Waals surface area contributed by atoms with Gasteiger partial charge in [0, 0.05) is 45.8 Å². The number of rotatable bonds is 6. The van der Waals surface area contributed by atoms with Crippen LogP contribution in [0, 0.1) is 11.8 Å². The zero-order chi connectivity index (χ0) is 22.6. The molecule has 1 saturated heterocycles. The number of hydrogen-bond donors (Lipinski definition) is 1. The zero-order valence-corrected chi connectivity index (χ0v) is 17.5. The molecule has 1 aliphatic heterocycles. The van der Waals surface area contributed by atoms with Gasteiger partial charge in [0.25, 0.3) is 5.91 Å². The van der Waals surface area contributed by atoms with E-state index in [1.54, 1.807) is 29.2 Å². The minimum atomic E-state index is -4.44. The smallest absolute Gasteiger partial charge is 0.355 e. The minimum absolute atomic E-state index is 0.0673. The van der Waals surface area contributed by atoms with Crippen LogP contribution in [-0.2, 0) is 17.9 Å². The highest BCUT2D eigenvalue weighted by Gasteiger charge is 2.52. The van der Waals surface area contributed by atoms with E-state index in [4.69, 9.17) is 0 Å². The number of likely N-dealkylation sites (tertiary alicyclic amines) is 1. The summed E-state index contributed by atoms with van der Waals surface area (Å²) in [4.78, 5) is 27.6. The fraction of sp³-hybridized carbons (Fsp3) is 0.391. The largest absolute Gasteiger partial charge is 0.393 e. The first-order valence-corrected chi connectivity index (χ1v) is 10.1. The number of carbonyl (C=O) groups excluding carboxylic acids is 2. The van der Waals surface area contributed by atoms with Crippen molar-refractivity contribution >= 4 is 11.8 Å². The predicted molar refractivity (Wildman–Crippen MR) is 111 cm³/mol. The average Bonchev–Trinajstić information content (AvgIpc) is 3.18. The molecule has 0 radical (unpaired) electrons. The molecule has 166 valence electrons. The summed E-state index contributed by atoms with van der Waals surface area (Å²) in [7, 11) is 3.05. The highest BCUT2D eigenvalue weighted by Crippen LogP contribution is 2.39. The van der Waals surface area contributed by atoms with Gasteiger partial charge in [0.15, 0.2) is 0 Å². The molecule has 1 heterocycles. The second-order valence-corrected chi connectivity index (χ2v) is 7.90. The number of nitrogens with one attached hydrogen (secondary N) is 1. The Labute approximate surface area is 179 Å². The number of alkyl halides is 3. The summed E-state index contributed by atoms with van der Waals surface area (Å²) in [6.45, 7) is 0.426. The molecule has 2 amide bonds. The fourth-order valence-corrected chi connectivity index (χ4v) is 3.98. The van der Waals surface area contributed by atoms with Crippen molar-refractivity contribution in [3.05, 3.63) is 71.3 Å². The van der Waals surface area contributed by atoms with Crippen LogP contribution in [0.1, 0.15) is 21.5 Å². The van der Waals surface area contributed by atoms with Gasteiger partial charge in [-0.1, -0.05) is 42.5 Å². The van der Waals surface area contributed by atoms with E-state index in [1.807, 2.05) is 30.3 Å². The summed E-state index contributed by atoms with van der Waals surface area (Å²) in [6, 6.07) is 15.9. The first-order valence-electron chi connectivity index (χ1n) is 10.1. The third-order valence-corrected chi connectivity index (χ3v) is 5.62. The molecule has 0 aliphatic carbocycles. The molecule has 1 fully saturated rings. The Morgan fingerprint density at radius 1 is 1.03 bits per heavy atom. The molecule has 0 spiro atoms. The number of benzene rings is 2. The van der Waals surface area contributed by atoms with Crippen LogP contribution in [0.4, 0.5) is 13.2 Å². The molecule has 8 heteroatoms. The molecule has 2 aromatic rings. The SMILES string of the molecule is CNC(=O)c1ccc(CN(C)C(=O)C2CN(Cc3ccccc3)CC2C(F)(F)F)cc1. The average molecular weight is 433 g/mol. The van der Waals surface area contributed by atoms with Gasteiger partial charge in [-0.25, -0.2) is 0 Å². The lowest BCUT2D eigenvalue weighted by Gasteiger charge is -2.26. The van der Waals surface area contributed by atoms with E-state index >= 15 is 0 Å². The van der Waals surface area contributed by atoms with E-state index in [-0.39, 0.29) is 25.5 Å². The zero-order valence-electron chi connectivity index (χ0n) is 17.5. The van der Waals surface area contributed by atoms with Crippen LogP contribution in [0.5, 0.6) is 0 Å². The maximum Gasteiger partial charge on any atom is 0.393 e. The normalized spacial score (nSPS) is 19.3. The van der Waals surface area contributed by atoms with Crippen LogP contribution in [0.2, 0.25) is 0 Å². The number of carbonyl (C=O) groups is 2. The van der Waals surface area contributed by atoms with Crippen molar-refractivity contribution in [2.24, 2.45) is 11.8 Å². The molecule has 31 heavy (non-hydrogen) atoms. The molecule has 0 bridgehead atoms. The molecule has 2 aromatic carbocycles. The summed E-state index contributed by atoms with van der Waals surface area (Å²) < 4.78 is 41.1. The third-order valence-electron chi connectivity index (χ3n) is 5.62. The molecule has 0 saturated carbocycles. The van der Waals surface area contributed by atoms with E-state index < -0.39 is 23.9 Å². The second kappa shape index (κ2) is 9.51. The molecule has 3 rings (SSSR count). The Morgan fingerprint density at radius 2 is 1.68 bits per heavy atom. The molecule has 1 N–H and O–H groups in total. The van der Waals surface area contributed by atoms with Crippen molar-refractivity contribution in [2.75, 3.05) is 27.2 Å². The molecule has 1 aliphatic rings. The topological polar surface area (TPSA) is 52.7 Å². The van der Waals surface area contributed by atoms with Gasteiger partial charge in [-0.2, -0.15) is 13.2 Å². The van der Waals surface area contributed by atoms with Gasteiger partial charge in [0.05, 0.1) is 11.8 Å². The first-order chi connectivity index (χ1) is 14.7. The Kier molecular flexibility index (Phi) is 7.00. The van der Waals surface area contributed by atoms with E-state index in [0.29, 0.717) is 12.1 Å². The Balaban J connectivity index is 1.69.